The van der Waals surface area contributed by atoms with Gasteiger partial charge in [-0.2, -0.15) is 0 Å². The van der Waals surface area contributed by atoms with Crippen LogP contribution < -0.4 is 5.32 Å². The number of hydrogen-bond donors (Lipinski definition) is 1. The van der Waals surface area contributed by atoms with E-state index in [0.29, 0.717) is 0 Å². The highest BCUT2D eigenvalue weighted by Gasteiger charge is 1.98. The second-order valence-corrected chi connectivity index (χ2v) is 5.88. The predicted octanol–water partition coefficient (Wildman–Crippen LogP) is 3.88. The van der Waals surface area contributed by atoms with E-state index in [9.17, 15) is 0 Å². The maximum Gasteiger partial charge on any atom is 0.0587 e. The van der Waals surface area contributed by atoms with E-state index < -0.39 is 0 Å². The summed E-state index contributed by atoms with van der Waals surface area (Å²) in [4.78, 5) is 2.56. The van der Waals surface area contributed by atoms with Crippen LogP contribution in [0.25, 0.3) is 0 Å². The number of hydrogen-bond acceptors (Lipinski definition) is 3. The minimum atomic E-state index is 0.751. The summed E-state index contributed by atoms with van der Waals surface area (Å²) >= 11 is 1.80. The molecule has 0 fully saturated rings. The van der Waals surface area contributed by atoms with Crippen LogP contribution in [0, 0.1) is 6.92 Å². The molecule has 0 unspecified atom stereocenters. The molecule has 0 aliphatic carbocycles. The van der Waals surface area contributed by atoms with Crippen molar-refractivity contribution < 1.29 is 4.74 Å². The Hall–Kier alpha value is -1.29. The summed E-state index contributed by atoms with van der Waals surface area (Å²) in [6, 6.07) is 17.3. The van der Waals surface area contributed by atoms with Crippen LogP contribution in [0.2, 0.25) is 0 Å². The number of benzene rings is 2. The number of aryl methyl sites for hydroxylation is 1. The number of rotatable bonds is 7. The predicted molar refractivity (Wildman–Crippen MR) is 85.3 cm³/mol. The van der Waals surface area contributed by atoms with Crippen molar-refractivity contribution in [3.8, 4) is 0 Å². The van der Waals surface area contributed by atoms with Gasteiger partial charge in [-0.15, -0.1) is 0 Å². The summed E-state index contributed by atoms with van der Waals surface area (Å²) in [5, 5.41) is 3.35. The molecule has 106 valence electrons. The first-order chi connectivity index (χ1) is 9.78. The molecule has 0 amide bonds. The van der Waals surface area contributed by atoms with Crippen LogP contribution in [0.3, 0.4) is 0 Å². The van der Waals surface area contributed by atoms with Gasteiger partial charge in [0.25, 0.3) is 0 Å². The zero-order valence-corrected chi connectivity index (χ0v) is 12.9. The zero-order valence-electron chi connectivity index (χ0n) is 12.1. The molecule has 0 atom stereocenters. The fourth-order valence-corrected chi connectivity index (χ4v) is 2.83. The van der Waals surface area contributed by atoms with E-state index >= 15 is 0 Å². The van der Waals surface area contributed by atoms with E-state index in [4.69, 9.17) is 4.74 Å². The quantitative estimate of drug-likeness (QED) is 0.781. The van der Waals surface area contributed by atoms with Gasteiger partial charge in [0, 0.05) is 30.0 Å². The van der Waals surface area contributed by atoms with Crippen molar-refractivity contribution in [1.82, 2.24) is 5.32 Å². The maximum atomic E-state index is 5.01. The summed E-state index contributed by atoms with van der Waals surface area (Å²) < 4.78 is 5.01. The molecule has 0 saturated carbocycles. The highest BCUT2D eigenvalue weighted by Crippen LogP contribution is 2.28. The molecule has 3 heteroatoms. The van der Waals surface area contributed by atoms with Crippen molar-refractivity contribution in [3.63, 3.8) is 0 Å². The lowest BCUT2D eigenvalue weighted by atomic mass is 10.2. The third-order valence-electron chi connectivity index (χ3n) is 2.96. The normalized spacial score (nSPS) is 10.7. The van der Waals surface area contributed by atoms with Gasteiger partial charge in [-0.05, 0) is 36.8 Å². The van der Waals surface area contributed by atoms with Gasteiger partial charge in [-0.25, -0.2) is 0 Å². The van der Waals surface area contributed by atoms with Crippen LogP contribution in [-0.4, -0.2) is 20.3 Å². The Kier molecular flexibility index (Phi) is 6.12. The van der Waals surface area contributed by atoms with Crippen molar-refractivity contribution >= 4 is 11.8 Å². The molecule has 1 N–H and O–H groups in total. The van der Waals surface area contributed by atoms with E-state index in [1.165, 1.54) is 20.9 Å². The summed E-state index contributed by atoms with van der Waals surface area (Å²) in [6.07, 6.45) is 0. The standard InChI is InChI=1S/C17H21NOS/c1-14-4-3-5-17(12-14)20-16-8-6-15(7-9-16)13-18-10-11-19-2/h3-9,12,18H,10-11,13H2,1-2H3. The molecule has 0 spiro atoms. The van der Waals surface area contributed by atoms with Crippen molar-refractivity contribution in [2.75, 3.05) is 20.3 Å². The first kappa shape index (κ1) is 15.1. The molecule has 20 heavy (non-hydrogen) atoms. The molecule has 2 rings (SSSR count). The smallest absolute Gasteiger partial charge is 0.0587 e. The summed E-state index contributed by atoms with van der Waals surface area (Å²) in [5.41, 5.74) is 2.60. The van der Waals surface area contributed by atoms with Gasteiger partial charge in [0.1, 0.15) is 0 Å². The fraction of sp³-hybridized carbons (Fsp3) is 0.294. The number of ether oxygens (including phenoxy) is 1. The van der Waals surface area contributed by atoms with Gasteiger partial charge in [0.05, 0.1) is 6.61 Å². The lowest BCUT2D eigenvalue weighted by Crippen LogP contribution is -2.18. The SMILES string of the molecule is COCCNCc1ccc(Sc2cccc(C)c2)cc1. The van der Waals surface area contributed by atoms with Gasteiger partial charge in [0.15, 0.2) is 0 Å². The first-order valence-electron chi connectivity index (χ1n) is 6.81. The Bertz CT molecular complexity index is 525. The van der Waals surface area contributed by atoms with Crippen LogP contribution in [0.4, 0.5) is 0 Å². The van der Waals surface area contributed by atoms with Crippen LogP contribution >= 0.6 is 11.8 Å². The van der Waals surface area contributed by atoms with Crippen LogP contribution in [0.1, 0.15) is 11.1 Å². The number of nitrogens with one attached hydrogen (secondary N) is 1. The molecule has 0 radical (unpaired) electrons. The topological polar surface area (TPSA) is 21.3 Å². The van der Waals surface area contributed by atoms with Crippen LogP contribution in [0.15, 0.2) is 58.3 Å². The van der Waals surface area contributed by atoms with Crippen molar-refractivity contribution in [1.29, 1.82) is 0 Å². The maximum absolute atomic E-state index is 5.01. The van der Waals surface area contributed by atoms with Crippen molar-refractivity contribution in [2.24, 2.45) is 0 Å². The Labute approximate surface area is 125 Å². The molecule has 0 bridgehead atoms. The van der Waals surface area contributed by atoms with E-state index in [1.54, 1.807) is 18.9 Å². The molecule has 2 nitrogen and oxygen atoms in total. The van der Waals surface area contributed by atoms with Gasteiger partial charge in [-0.1, -0.05) is 41.6 Å². The first-order valence-corrected chi connectivity index (χ1v) is 7.63. The van der Waals surface area contributed by atoms with E-state index in [0.717, 1.165) is 19.7 Å². The van der Waals surface area contributed by atoms with Gasteiger partial charge in [0.2, 0.25) is 0 Å². The Morgan fingerprint density at radius 2 is 1.85 bits per heavy atom. The highest BCUT2D eigenvalue weighted by atomic mass is 32.2. The molecular weight excluding hydrogens is 266 g/mol. The highest BCUT2D eigenvalue weighted by molar-refractivity contribution is 7.99. The third kappa shape index (κ3) is 5.00. The molecule has 2 aromatic rings. The van der Waals surface area contributed by atoms with E-state index in [1.807, 2.05) is 0 Å². The van der Waals surface area contributed by atoms with E-state index in [2.05, 4.69) is 60.8 Å². The average Bonchev–Trinajstić information content (AvgIpc) is 2.45. The Morgan fingerprint density at radius 3 is 2.55 bits per heavy atom. The minimum Gasteiger partial charge on any atom is -0.383 e. The molecule has 0 aliphatic rings. The summed E-state index contributed by atoms with van der Waals surface area (Å²) in [6.45, 7) is 4.65. The summed E-state index contributed by atoms with van der Waals surface area (Å²) in [7, 11) is 1.72. The second kappa shape index (κ2) is 8.10. The van der Waals surface area contributed by atoms with E-state index in [-0.39, 0.29) is 0 Å². The van der Waals surface area contributed by atoms with Crippen molar-refractivity contribution in [2.45, 2.75) is 23.3 Å². The molecule has 2 aromatic carbocycles. The second-order valence-electron chi connectivity index (χ2n) is 4.73. The minimum absolute atomic E-state index is 0.751. The van der Waals surface area contributed by atoms with Gasteiger partial charge >= 0.3 is 0 Å². The molecular formula is C17H21NOS. The molecule has 0 saturated heterocycles. The monoisotopic (exact) mass is 287 g/mol. The largest absolute Gasteiger partial charge is 0.383 e. The van der Waals surface area contributed by atoms with Gasteiger partial charge < -0.3 is 10.1 Å². The average molecular weight is 287 g/mol. The zero-order chi connectivity index (χ0) is 14.2. The van der Waals surface area contributed by atoms with Crippen LogP contribution in [0.5, 0.6) is 0 Å². The third-order valence-corrected chi connectivity index (χ3v) is 3.96. The summed E-state index contributed by atoms with van der Waals surface area (Å²) in [5.74, 6) is 0. The fourth-order valence-electron chi connectivity index (χ4n) is 1.90. The lowest BCUT2D eigenvalue weighted by Gasteiger charge is -2.06. The lowest BCUT2D eigenvalue weighted by molar-refractivity contribution is 0.199. The molecule has 0 aromatic heterocycles. The van der Waals surface area contributed by atoms with Crippen LogP contribution in [-0.2, 0) is 11.3 Å². The molecule has 0 heterocycles. The number of methoxy groups -OCH3 is 1. The Morgan fingerprint density at radius 1 is 1.05 bits per heavy atom. The van der Waals surface area contributed by atoms with Gasteiger partial charge in [-0.3, -0.25) is 0 Å². The Balaban J connectivity index is 1.88. The van der Waals surface area contributed by atoms with Crippen molar-refractivity contribution in [3.05, 3.63) is 59.7 Å². The molecule has 0 aliphatic heterocycles.